The molecule has 0 spiro atoms. The summed E-state index contributed by atoms with van der Waals surface area (Å²) in [5.74, 6) is 1.38. The number of hydrogen-bond donors (Lipinski definition) is 1. The van der Waals surface area contributed by atoms with E-state index >= 15 is 0 Å². The molecule has 29 heavy (non-hydrogen) atoms. The van der Waals surface area contributed by atoms with E-state index in [1.807, 2.05) is 55.5 Å². The summed E-state index contributed by atoms with van der Waals surface area (Å²) in [7, 11) is 0. The number of carbonyl (C=O) groups excluding carboxylic acids is 2. The molecule has 5 heteroatoms. The zero-order valence-electron chi connectivity index (χ0n) is 16.2. The molecule has 3 aromatic rings. The first-order chi connectivity index (χ1) is 14.1. The maximum absolute atomic E-state index is 12.6. The van der Waals surface area contributed by atoms with Crippen LogP contribution in [-0.4, -0.2) is 18.4 Å². The summed E-state index contributed by atoms with van der Waals surface area (Å²) in [4.78, 5) is 26.4. The van der Waals surface area contributed by atoms with Crippen LogP contribution in [0.4, 0.5) is 11.4 Å². The SMILES string of the molecule is CCN1C(=O)CCc2cc(NC(=O)c3ccc(Oc4ccccc4)cc3)ccc21. The minimum atomic E-state index is -0.185. The lowest BCUT2D eigenvalue weighted by Gasteiger charge is -2.28. The third-order valence-corrected chi connectivity index (χ3v) is 4.95. The Balaban J connectivity index is 1.45. The zero-order valence-corrected chi connectivity index (χ0v) is 16.2. The van der Waals surface area contributed by atoms with Crippen LogP contribution >= 0.6 is 0 Å². The van der Waals surface area contributed by atoms with E-state index in [2.05, 4.69) is 5.32 Å². The molecule has 2 amide bonds. The van der Waals surface area contributed by atoms with Gasteiger partial charge in [-0.3, -0.25) is 9.59 Å². The van der Waals surface area contributed by atoms with E-state index in [1.165, 1.54) is 0 Å². The van der Waals surface area contributed by atoms with Crippen LogP contribution in [0.3, 0.4) is 0 Å². The van der Waals surface area contributed by atoms with Crippen molar-refractivity contribution in [1.82, 2.24) is 0 Å². The minimum Gasteiger partial charge on any atom is -0.457 e. The molecule has 3 aromatic carbocycles. The Kier molecular flexibility index (Phi) is 5.29. The van der Waals surface area contributed by atoms with Gasteiger partial charge in [-0.25, -0.2) is 0 Å². The molecule has 4 rings (SSSR count). The molecule has 0 fully saturated rings. The molecule has 0 saturated heterocycles. The fraction of sp³-hybridized carbons (Fsp3) is 0.167. The molecule has 1 aliphatic rings. The largest absolute Gasteiger partial charge is 0.457 e. The van der Waals surface area contributed by atoms with Crippen LogP contribution in [0.2, 0.25) is 0 Å². The van der Waals surface area contributed by atoms with Crippen molar-refractivity contribution in [3.05, 3.63) is 83.9 Å². The zero-order chi connectivity index (χ0) is 20.2. The smallest absolute Gasteiger partial charge is 0.255 e. The predicted octanol–water partition coefficient (Wildman–Crippen LogP) is 5.03. The van der Waals surface area contributed by atoms with Crippen LogP contribution in [-0.2, 0) is 11.2 Å². The Morgan fingerprint density at radius 2 is 1.69 bits per heavy atom. The maximum atomic E-state index is 12.6. The van der Waals surface area contributed by atoms with Crippen molar-refractivity contribution < 1.29 is 14.3 Å². The first kappa shape index (κ1) is 18.7. The van der Waals surface area contributed by atoms with Crippen LogP contribution in [0.1, 0.15) is 29.3 Å². The van der Waals surface area contributed by atoms with Gasteiger partial charge in [0.05, 0.1) is 0 Å². The second-order valence-electron chi connectivity index (χ2n) is 6.88. The van der Waals surface area contributed by atoms with Gasteiger partial charge in [0.2, 0.25) is 5.91 Å². The minimum absolute atomic E-state index is 0.148. The van der Waals surface area contributed by atoms with Crippen LogP contribution in [0.25, 0.3) is 0 Å². The van der Waals surface area contributed by atoms with Gasteiger partial charge in [-0.2, -0.15) is 0 Å². The molecular weight excluding hydrogens is 364 g/mol. The Labute approximate surface area is 169 Å². The average molecular weight is 386 g/mol. The Morgan fingerprint density at radius 3 is 2.41 bits per heavy atom. The number of nitrogens with zero attached hydrogens (tertiary/aromatic N) is 1. The van der Waals surface area contributed by atoms with Crippen molar-refractivity contribution in [3.8, 4) is 11.5 Å². The van der Waals surface area contributed by atoms with Gasteiger partial charge in [0.25, 0.3) is 5.91 Å². The van der Waals surface area contributed by atoms with Gasteiger partial charge >= 0.3 is 0 Å². The molecular formula is C24H22N2O3. The molecule has 146 valence electrons. The molecule has 1 N–H and O–H groups in total. The molecule has 0 unspecified atom stereocenters. The summed E-state index contributed by atoms with van der Waals surface area (Å²) in [6, 6.07) is 22.2. The van der Waals surface area contributed by atoms with Crippen molar-refractivity contribution in [2.24, 2.45) is 0 Å². The van der Waals surface area contributed by atoms with Gasteiger partial charge in [-0.15, -0.1) is 0 Å². The van der Waals surface area contributed by atoms with Gasteiger partial charge in [0.15, 0.2) is 0 Å². The standard InChI is InChI=1S/C24H22N2O3/c1-2-26-22-14-11-19(16-18(22)10-15-23(26)27)25-24(28)17-8-12-21(13-9-17)29-20-6-4-3-5-7-20/h3-9,11-14,16H,2,10,15H2,1H3,(H,25,28). The summed E-state index contributed by atoms with van der Waals surface area (Å²) in [6.07, 6.45) is 1.20. The summed E-state index contributed by atoms with van der Waals surface area (Å²) in [5, 5.41) is 2.94. The van der Waals surface area contributed by atoms with Crippen molar-refractivity contribution in [3.63, 3.8) is 0 Å². The maximum Gasteiger partial charge on any atom is 0.255 e. The number of aryl methyl sites for hydroxylation is 1. The van der Waals surface area contributed by atoms with Crippen LogP contribution < -0.4 is 15.0 Å². The third kappa shape index (κ3) is 4.14. The summed E-state index contributed by atoms with van der Waals surface area (Å²) >= 11 is 0. The number of amides is 2. The molecule has 0 bridgehead atoms. The van der Waals surface area contributed by atoms with Crippen molar-refractivity contribution in [2.75, 3.05) is 16.8 Å². The number of fused-ring (bicyclic) bond motifs is 1. The molecule has 0 aromatic heterocycles. The molecule has 0 radical (unpaired) electrons. The van der Waals surface area contributed by atoms with E-state index in [0.29, 0.717) is 30.7 Å². The van der Waals surface area contributed by atoms with Crippen LogP contribution in [0.15, 0.2) is 72.8 Å². The van der Waals surface area contributed by atoms with Gasteiger partial charge < -0.3 is 15.0 Å². The number of para-hydroxylation sites is 1. The fourth-order valence-corrected chi connectivity index (χ4v) is 3.49. The number of hydrogen-bond acceptors (Lipinski definition) is 3. The van der Waals surface area contributed by atoms with Gasteiger partial charge in [-0.1, -0.05) is 18.2 Å². The van der Waals surface area contributed by atoms with E-state index < -0.39 is 0 Å². The van der Waals surface area contributed by atoms with E-state index in [0.717, 1.165) is 22.7 Å². The van der Waals surface area contributed by atoms with Crippen LogP contribution in [0, 0.1) is 0 Å². The Bertz CT molecular complexity index is 1030. The number of benzene rings is 3. The number of nitrogens with one attached hydrogen (secondary N) is 1. The van der Waals surface area contributed by atoms with Crippen molar-refractivity contribution in [1.29, 1.82) is 0 Å². The lowest BCUT2D eigenvalue weighted by atomic mass is 10.0. The Hall–Kier alpha value is -3.60. The predicted molar refractivity (Wildman–Crippen MR) is 114 cm³/mol. The van der Waals surface area contributed by atoms with E-state index in [1.54, 1.807) is 29.2 Å². The first-order valence-corrected chi connectivity index (χ1v) is 9.71. The van der Waals surface area contributed by atoms with Crippen molar-refractivity contribution in [2.45, 2.75) is 19.8 Å². The van der Waals surface area contributed by atoms with Gasteiger partial charge in [-0.05, 0) is 73.5 Å². The second-order valence-corrected chi connectivity index (χ2v) is 6.88. The quantitative estimate of drug-likeness (QED) is 0.669. The normalized spacial score (nSPS) is 13.0. The molecule has 0 aliphatic carbocycles. The lowest BCUT2D eigenvalue weighted by Crippen LogP contribution is -2.34. The summed E-state index contributed by atoms with van der Waals surface area (Å²) in [6.45, 7) is 2.61. The highest BCUT2D eigenvalue weighted by atomic mass is 16.5. The Morgan fingerprint density at radius 1 is 0.966 bits per heavy atom. The van der Waals surface area contributed by atoms with E-state index in [4.69, 9.17) is 4.74 Å². The van der Waals surface area contributed by atoms with E-state index in [9.17, 15) is 9.59 Å². The topological polar surface area (TPSA) is 58.6 Å². The lowest BCUT2D eigenvalue weighted by molar-refractivity contribution is -0.118. The number of ether oxygens (including phenoxy) is 1. The third-order valence-electron chi connectivity index (χ3n) is 4.95. The molecule has 0 atom stereocenters. The van der Waals surface area contributed by atoms with Crippen LogP contribution in [0.5, 0.6) is 11.5 Å². The number of anilines is 2. The molecule has 0 saturated carbocycles. The van der Waals surface area contributed by atoms with Crippen molar-refractivity contribution >= 4 is 23.2 Å². The van der Waals surface area contributed by atoms with E-state index in [-0.39, 0.29) is 11.8 Å². The monoisotopic (exact) mass is 386 g/mol. The molecule has 5 nitrogen and oxygen atoms in total. The highest BCUT2D eigenvalue weighted by Gasteiger charge is 2.23. The number of carbonyl (C=O) groups is 2. The summed E-state index contributed by atoms with van der Waals surface area (Å²) in [5.41, 5.74) is 3.29. The first-order valence-electron chi connectivity index (χ1n) is 9.71. The molecule has 1 aliphatic heterocycles. The van der Waals surface area contributed by atoms with Gasteiger partial charge in [0.1, 0.15) is 11.5 Å². The highest BCUT2D eigenvalue weighted by molar-refractivity contribution is 6.05. The fourth-order valence-electron chi connectivity index (χ4n) is 3.49. The number of rotatable bonds is 5. The summed E-state index contributed by atoms with van der Waals surface area (Å²) < 4.78 is 5.76. The second kappa shape index (κ2) is 8.19. The average Bonchev–Trinajstić information content (AvgIpc) is 2.75. The highest BCUT2D eigenvalue weighted by Crippen LogP contribution is 2.30. The van der Waals surface area contributed by atoms with Gasteiger partial charge in [0, 0.05) is 29.9 Å². The molecule has 1 heterocycles.